The maximum atomic E-state index is 12.3. The van der Waals surface area contributed by atoms with Crippen LogP contribution in [0.15, 0.2) is 30.4 Å². The lowest BCUT2D eigenvalue weighted by Crippen LogP contribution is -2.33. The van der Waals surface area contributed by atoms with Gasteiger partial charge in [-0.2, -0.15) is 0 Å². The molecule has 0 radical (unpaired) electrons. The first-order valence-electron chi connectivity index (χ1n) is 7.94. The van der Waals surface area contributed by atoms with Crippen LogP contribution >= 0.6 is 11.6 Å². The highest BCUT2D eigenvalue weighted by Crippen LogP contribution is 2.35. The van der Waals surface area contributed by atoms with Gasteiger partial charge in [-0.1, -0.05) is 29.8 Å². The summed E-state index contributed by atoms with van der Waals surface area (Å²) in [5.41, 5.74) is 0.920. The summed E-state index contributed by atoms with van der Waals surface area (Å²) < 4.78 is 5.24. The van der Waals surface area contributed by atoms with Gasteiger partial charge in [0, 0.05) is 6.54 Å². The van der Waals surface area contributed by atoms with E-state index in [1.165, 1.54) is 4.90 Å². The van der Waals surface area contributed by atoms with Crippen LogP contribution in [0.2, 0.25) is 5.02 Å². The quantitative estimate of drug-likeness (QED) is 0.363. The molecular weight excluding hydrogens is 330 g/mol. The van der Waals surface area contributed by atoms with Crippen molar-refractivity contribution in [1.29, 1.82) is 0 Å². The predicted molar refractivity (Wildman–Crippen MR) is 88.5 cm³/mol. The third-order valence-electron chi connectivity index (χ3n) is 4.45. The van der Waals surface area contributed by atoms with E-state index in [-0.39, 0.29) is 36.6 Å². The van der Waals surface area contributed by atoms with E-state index in [1.807, 2.05) is 25.1 Å². The fraction of sp³-hybridized carbons (Fsp3) is 0.389. The minimum absolute atomic E-state index is 0.0470. The average Bonchev–Trinajstić information content (AvgIpc) is 2.81. The second-order valence-corrected chi connectivity index (χ2v) is 6.55. The maximum absolute atomic E-state index is 12.3. The second kappa shape index (κ2) is 6.77. The Morgan fingerprint density at radius 1 is 1.21 bits per heavy atom. The van der Waals surface area contributed by atoms with Gasteiger partial charge in [0.1, 0.15) is 5.75 Å². The molecule has 0 spiro atoms. The Hall–Kier alpha value is -2.14. The maximum Gasteiger partial charge on any atom is 0.313 e. The van der Waals surface area contributed by atoms with Gasteiger partial charge in [-0.25, -0.2) is 0 Å². The molecule has 1 aromatic rings. The summed E-state index contributed by atoms with van der Waals surface area (Å²) in [6.07, 6.45) is 5.01. The van der Waals surface area contributed by atoms with Crippen molar-refractivity contribution >= 4 is 29.4 Å². The van der Waals surface area contributed by atoms with Crippen molar-refractivity contribution < 1.29 is 19.1 Å². The van der Waals surface area contributed by atoms with Crippen molar-refractivity contribution in [2.45, 2.75) is 26.2 Å². The summed E-state index contributed by atoms with van der Waals surface area (Å²) in [6.45, 7) is 1.91. The smallest absolute Gasteiger partial charge is 0.313 e. The standard InChI is InChI=1S/C18H18ClNO4/c1-11-6-7-14(19)15(10-11)24-16(21)8-9-20-17(22)12-4-2-3-5-13(12)18(20)23/h2-3,6-7,10,12-13H,4-5,8-9H2,1H3/t12-,13+. The van der Waals surface area contributed by atoms with Crippen LogP contribution in [0.3, 0.4) is 0 Å². The molecule has 126 valence electrons. The van der Waals surface area contributed by atoms with E-state index >= 15 is 0 Å². The van der Waals surface area contributed by atoms with E-state index in [4.69, 9.17) is 16.3 Å². The number of nitrogens with zero attached hydrogens (tertiary/aromatic N) is 1. The first kappa shape index (κ1) is 16.7. The molecule has 0 unspecified atom stereocenters. The molecule has 6 heteroatoms. The lowest BCUT2D eigenvalue weighted by atomic mass is 9.85. The van der Waals surface area contributed by atoms with Crippen LogP contribution in [-0.4, -0.2) is 29.2 Å². The zero-order chi connectivity index (χ0) is 17.3. The molecule has 0 aromatic heterocycles. The highest BCUT2D eigenvalue weighted by molar-refractivity contribution is 6.32. The summed E-state index contributed by atoms with van der Waals surface area (Å²) >= 11 is 5.99. The molecule has 1 aromatic carbocycles. The number of ether oxygens (including phenoxy) is 1. The molecule has 1 saturated heterocycles. The van der Waals surface area contributed by atoms with Gasteiger partial charge in [-0.05, 0) is 37.5 Å². The molecule has 1 fully saturated rings. The number of carbonyl (C=O) groups is 3. The molecule has 24 heavy (non-hydrogen) atoms. The van der Waals surface area contributed by atoms with Gasteiger partial charge >= 0.3 is 5.97 Å². The van der Waals surface area contributed by atoms with Crippen LogP contribution in [0.4, 0.5) is 0 Å². The van der Waals surface area contributed by atoms with E-state index in [1.54, 1.807) is 12.1 Å². The molecule has 0 bridgehead atoms. The first-order valence-corrected chi connectivity index (χ1v) is 8.32. The van der Waals surface area contributed by atoms with Gasteiger partial charge in [-0.3, -0.25) is 19.3 Å². The molecule has 2 aliphatic rings. The third kappa shape index (κ3) is 3.22. The van der Waals surface area contributed by atoms with Crippen molar-refractivity contribution in [2.24, 2.45) is 11.8 Å². The lowest BCUT2D eigenvalue weighted by Gasteiger charge is -2.14. The van der Waals surface area contributed by atoms with Crippen molar-refractivity contribution in [2.75, 3.05) is 6.54 Å². The largest absolute Gasteiger partial charge is 0.425 e. The summed E-state index contributed by atoms with van der Waals surface area (Å²) in [4.78, 5) is 37.8. The highest BCUT2D eigenvalue weighted by Gasteiger charge is 2.46. The van der Waals surface area contributed by atoms with Crippen molar-refractivity contribution in [3.63, 3.8) is 0 Å². The number of esters is 1. The number of hydrogen-bond donors (Lipinski definition) is 0. The Morgan fingerprint density at radius 3 is 2.46 bits per heavy atom. The third-order valence-corrected chi connectivity index (χ3v) is 4.76. The van der Waals surface area contributed by atoms with Crippen molar-refractivity contribution in [3.05, 3.63) is 40.9 Å². The van der Waals surface area contributed by atoms with Gasteiger partial charge in [0.2, 0.25) is 11.8 Å². The number of amides is 2. The fourth-order valence-corrected chi connectivity index (χ4v) is 3.31. The lowest BCUT2D eigenvalue weighted by molar-refractivity contribution is -0.141. The molecule has 1 aliphatic heterocycles. The van der Waals surface area contributed by atoms with Crippen LogP contribution in [0.1, 0.15) is 24.8 Å². The topological polar surface area (TPSA) is 63.7 Å². The average molecular weight is 348 g/mol. The van der Waals surface area contributed by atoms with Crippen molar-refractivity contribution in [3.8, 4) is 5.75 Å². The number of hydrogen-bond acceptors (Lipinski definition) is 4. The first-order chi connectivity index (χ1) is 11.5. The van der Waals surface area contributed by atoms with Gasteiger partial charge in [-0.15, -0.1) is 0 Å². The second-order valence-electron chi connectivity index (χ2n) is 6.14. The number of halogens is 1. The Kier molecular flexibility index (Phi) is 4.71. The number of fused-ring (bicyclic) bond motifs is 1. The van der Waals surface area contributed by atoms with Crippen LogP contribution in [0.5, 0.6) is 5.75 Å². The number of benzene rings is 1. The number of rotatable bonds is 4. The molecule has 1 aliphatic carbocycles. The number of aryl methyl sites for hydroxylation is 1. The SMILES string of the molecule is Cc1ccc(Cl)c(OC(=O)CCN2C(=O)[C@H]3CC=CC[C@H]3C2=O)c1. The number of carbonyl (C=O) groups excluding carboxylic acids is 3. The van der Waals surface area contributed by atoms with E-state index in [9.17, 15) is 14.4 Å². The summed E-state index contributed by atoms with van der Waals surface area (Å²) in [5, 5.41) is 0.347. The van der Waals surface area contributed by atoms with E-state index in [0.29, 0.717) is 23.6 Å². The molecule has 0 N–H and O–H groups in total. The predicted octanol–water partition coefficient (Wildman–Crippen LogP) is 2.90. The van der Waals surface area contributed by atoms with E-state index in [2.05, 4.69) is 0 Å². The molecule has 0 saturated carbocycles. The molecule has 1 heterocycles. The summed E-state index contributed by atoms with van der Waals surface area (Å²) in [5.74, 6) is -1.14. The number of likely N-dealkylation sites (tertiary alicyclic amines) is 1. The van der Waals surface area contributed by atoms with Crippen LogP contribution in [0.25, 0.3) is 0 Å². The number of imide groups is 1. The normalized spacial score (nSPS) is 22.7. The summed E-state index contributed by atoms with van der Waals surface area (Å²) in [7, 11) is 0. The fourth-order valence-electron chi connectivity index (χ4n) is 3.15. The Balaban J connectivity index is 1.59. The zero-order valence-corrected chi connectivity index (χ0v) is 14.1. The molecule has 5 nitrogen and oxygen atoms in total. The molecule has 3 rings (SSSR count). The Labute approximate surface area is 145 Å². The Morgan fingerprint density at radius 2 is 1.83 bits per heavy atom. The summed E-state index contributed by atoms with van der Waals surface area (Å²) in [6, 6.07) is 5.15. The minimum Gasteiger partial charge on any atom is -0.425 e. The molecule has 2 atom stereocenters. The van der Waals surface area contributed by atoms with Gasteiger partial charge in [0.25, 0.3) is 0 Å². The van der Waals surface area contributed by atoms with Crippen LogP contribution < -0.4 is 4.74 Å². The van der Waals surface area contributed by atoms with E-state index in [0.717, 1.165) is 5.56 Å². The van der Waals surface area contributed by atoms with Crippen LogP contribution in [-0.2, 0) is 14.4 Å². The zero-order valence-electron chi connectivity index (χ0n) is 13.3. The van der Waals surface area contributed by atoms with Gasteiger partial charge in [0.15, 0.2) is 0 Å². The molecular formula is C18H18ClNO4. The monoisotopic (exact) mass is 347 g/mol. The molecule has 2 amide bonds. The van der Waals surface area contributed by atoms with Crippen LogP contribution in [0, 0.1) is 18.8 Å². The van der Waals surface area contributed by atoms with E-state index < -0.39 is 5.97 Å². The Bertz CT molecular complexity index is 702. The van der Waals surface area contributed by atoms with Crippen molar-refractivity contribution in [1.82, 2.24) is 4.90 Å². The number of allylic oxidation sites excluding steroid dienone is 2. The minimum atomic E-state index is -0.518. The van der Waals surface area contributed by atoms with Gasteiger partial charge in [0.05, 0.1) is 23.3 Å². The highest BCUT2D eigenvalue weighted by atomic mass is 35.5. The van der Waals surface area contributed by atoms with Gasteiger partial charge < -0.3 is 4.74 Å².